The van der Waals surface area contributed by atoms with Crippen LogP contribution in [0.25, 0.3) is 0 Å². The van der Waals surface area contributed by atoms with Gasteiger partial charge in [-0.2, -0.15) is 4.31 Å². The summed E-state index contributed by atoms with van der Waals surface area (Å²) in [6.07, 6.45) is 7.74. The summed E-state index contributed by atoms with van der Waals surface area (Å²) in [4.78, 5) is 15.1. The average Bonchev–Trinajstić information content (AvgIpc) is 3.57. The van der Waals surface area contributed by atoms with E-state index in [0.717, 1.165) is 19.3 Å². The Kier molecular flexibility index (Phi) is 4.82. The maximum Gasteiger partial charge on any atom is 0.253 e. The van der Waals surface area contributed by atoms with Crippen LogP contribution in [-0.2, 0) is 10.0 Å². The molecule has 1 heterocycles. The highest BCUT2D eigenvalue weighted by Gasteiger charge is 2.45. The first-order valence-corrected chi connectivity index (χ1v) is 11.3. The van der Waals surface area contributed by atoms with Gasteiger partial charge in [0.15, 0.2) is 0 Å². The molecule has 0 radical (unpaired) electrons. The highest BCUT2D eigenvalue weighted by atomic mass is 32.2. The molecule has 0 spiro atoms. The fraction of sp³-hybridized carbons (Fsp3) is 0.650. The van der Waals surface area contributed by atoms with Crippen LogP contribution in [0, 0.1) is 11.8 Å². The average molecular weight is 377 g/mol. The topological polar surface area (TPSA) is 57.7 Å². The molecule has 2 saturated carbocycles. The molecule has 0 N–H and O–H groups in total. The summed E-state index contributed by atoms with van der Waals surface area (Å²) >= 11 is 0. The lowest BCUT2D eigenvalue weighted by Gasteiger charge is -2.29. The third-order valence-corrected chi connectivity index (χ3v) is 7.91. The Morgan fingerprint density at radius 1 is 1.08 bits per heavy atom. The van der Waals surface area contributed by atoms with Gasteiger partial charge in [-0.1, -0.05) is 12.5 Å². The van der Waals surface area contributed by atoms with Crippen molar-refractivity contribution in [3.63, 3.8) is 0 Å². The Labute approximate surface area is 156 Å². The van der Waals surface area contributed by atoms with E-state index in [1.807, 2.05) is 11.9 Å². The molecule has 0 atom stereocenters. The quantitative estimate of drug-likeness (QED) is 0.766. The first kappa shape index (κ1) is 18.0. The SMILES string of the molecule is CN(C(=O)c1cccc(S(=O)(=O)N2CCCCC2)c1)C(C1CC1)C1CC1. The van der Waals surface area contributed by atoms with E-state index in [-0.39, 0.29) is 10.8 Å². The normalized spacial score (nSPS) is 21.8. The van der Waals surface area contributed by atoms with Crippen LogP contribution in [0.2, 0.25) is 0 Å². The number of amides is 1. The number of hydrogen-bond donors (Lipinski definition) is 0. The van der Waals surface area contributed by atoms with E-state index in [0.29, 0.717) is 36.5 Å². The zero-order valence-corrected chi connectivity index (χ0v) is 16.2. The van der Waals surface area contributed by atoms with Gasteiger partial charge in [-0.05, 0) is 68.6 Å². The van der Waals surface area contributed by atoms with Crippen LogP contribution >= 0.6 is 0 Å². The summed E-state index contributed by atoms with van der Waals surface area (Å²) in [5, 5.41) is 0. The number of sulfonamides is 1. The molecular weight excluding hydrogens is 348 g/mol. The van der Waals surface area contributed by atoms with Gasteiger partial charge in [0.2, 0.25) is 10.0 Å². The van der Waals surface area contributed by atoms with Crippen molar-refractivity contribution in [2.75, 3.05) is 20.1 Å². The number of rotatable bonds is 6. The van der Waals surface area contributed by atoms with E-state index in [1.54, 1.807) is 28.6 Å². The summed E-state index contributed by atoms with van der Waals surface area (Å²) in [6, 6.07) is 6.94. The molecule has 5 nitrogen and oxygen atoms in total. The predicted octanol–water partition coefficient (Wildman–Crippen LogP) is 3.12. The van der Waals surface area contributed by atoms with Crippen LogP contribution in [-0.4, -0.2) is 49.7 Å². The lowest BCUT2D eigenvalue weighted by Crippen LogP contribution is -2.40. The van der Waals surface area contributed by atoms with E-state index in [2.05, 4.69) is 0 Å². The van der Waals surface area contributed by atoms with Gasteiger partial charge in [0, 0.05) is 31.7 Å². The second-order valence-electron chi connectivity index (χ2n) is 8.07. The van der Waals surface area contributed by atoms with E-state index >= 15 is 0 Å². The van der Waals surface area contributed by atoms with E-state index in [1.165, 1.54) is 25.7 Å². The second kappa shape index (κ2) is 6.97. The van der Waals surface area contributed by atoms with Crippen molar-refractivity contribution < 1.29 is 13.2 Å². The van der Waals surface area contributed by atoms with Crippen LogP contribution in [0.4, 0.5) is 0 Å². The van der Waals surface area contributed by atoms with Gasteiger partial charge in [0.05, 0.1) is 4.90 Å². The van der Waals surface area contributed by atoms with Crippen molar-refractivity contribution in [1.29, 1.82) is 0 Å². The monoisotopic (exact) mass is 376 g/mol. The van der Waals surface area contributed by atoms with Crippen molar-refractivity contribution in [3.8, 4) is 0 Å². The lowest BCUT2D eigenvalue weighted by atomic mass is 10.0. The molecule has 1 aromatic carbocycles. The summed E-state index contributed by atoms with van der Waals surface area (Å²) in [5.41, 5.74) is 0.483. The highest BCUT2D eigenvalue weighted by Crippen LogP contribution is 2.47. The molecule has 1 amide bonds. The molecule has 6 heteroatoms. The van der Waals surface area contributed by atoms with Crippen LogP contribution in [0.5, 0.6) is 0 Å². The van der Waals surface area contributed by atoms with Crippen LogP contribution in [0.15, 0.2) is 29.2 Å². The number of carbonyl (C=O) groups excluding carboxylic acids is 1. The van der Waals surface area contributed by atoms with Crippen LogP contribution in [0.3, 0.4) is 0 Å². The third-order valence-electron chi connectivity index (χ3n) is 6.01. The first-order chi connectivity index (χ1) is 12.5. The van der Waals surface area contributed by atoms with E-state index < -0.39 is 10.0 Å². The van der Waals surface area contributed by atoms with Crippen molar-refractivity contribution in [1.82, 2.24) is 9.21 Å². The Balaban J connectivity index is 1.55. The minimum atomic E-state index is -3.51. The Hall–Kier alpha value is -1.40. The second-order valence-corrected chi connectivity index (χ2v) is 10.0. The maximum absolute atomic E-state index is 13.0. The predicted molar refractivity (Wildman–Crippen MR) is 100 cm³/mol. The summed E-state index contributed by atoms with van der Waals surface area (Å²) in [5.74, 6) is 1.22. The maximum atomic E-state index is 13.0. The Bertz CT molecular complexity index is 766. The number of carbonyl (C=O) groups is 1. The Morgan fingerprint density at radius 2 is 1.69 bits per heavy atom. The van der Waals surface area contributed by atoms with Crippen LogP contribution < -0.4 is 0 Å². The molecule has 1 saturated heterocycles. The van der Waals surface area contributed by atoms with Gasteiger partial charge in [0.1, 0.15) is 0 Å². The van der Waals surface area contributed by atoms with Crippen molar-refractivity contribution in [3.05, 3.63) is 29.8 Å². The largest absolute Gasteiger partial charge is 0.338 e. The highest BCUT2D eigenvalue weighted by molar-refractivity contribution is 7.89. The molecule has 3 aliphatic rings. The molecular formula is C20H28N2O3S. The fourth-order valence-corrected chi connectivity index (χ4v) is 5.84. The standard InChI is InChI=1S/C20H28N2O3S/c1-21(19(15-8-9-15)16-10-11-16)20(23)17-6-5-7-18(14-17)26(24,25)22-12-3-2-4-13-22/h5-7,14-16,19H,2-4,8-13H2,1H3. The molecule has 4 rings (SSSR count). The molecule has 26 heavy (non-hydrogen) atoms. The van der Waals surface area contributed by atoms with Crippen molar-refractivity contribution >= 4 is 15.9 Å². The van der Waals surface area contributed by atoms with Gasteiger partial charge in [-0.25, -0.2) is 8.42 Å². The van der Waals surface area contributed by atoms with E-state index in [4.69, 9.17) is 0 Å². The zero-order chi connectivity index (χ0) is 18.3. The van der Waals surface area contributed by atoms with Crippen molar-refractivity contribution in [2.45, 2.75) is 55.9 Å². The van der Waals surface area contributed by atoms with E-state index in [9.17, 15) is 13.2 Å². The van der Waals surface area contributed by atoms with Gasteiger partial charge in [-0.3, -0.25) is 4.79 Å². The van der Waals surface area contributed by atoms with Gasteiger partial charge < -0.3 is 4.90 Å². The minimum Gasteiger partial charge on any atom is -0.338 e. The molecule has 1 aliphatic heterocycles. The Morgan fingerprint density at radius 3 is 2.27 bits per heavy atom. The first-order valence-electron chi connectivity index (χ1n) is 9.86. The number of benzene rings is 1. The number of piperidine rings is 1. The minimum absolute atomic E-state index is 0.0514. The summed E-state index contributed by atoms with van der Waals surface area (Å²) < 4.78 is 27.4. The fourth-order valence-electron chi connectivity index (χ4n) is 4.28. The molecule has 3 fully saturated rings. The zero-order valence-electron chi connectivity index (χ0n) is 15.4. The van der Waals surface area contributed by atoms with Crippen LogP contribution in [0.1, 0.15) is 55.3 Å². The molecule has 1 aromatic rings. The molecule has 2 aliphatic carbocycles. The molecule has 0 unspecified atom stereocenters. The smallest absolute Gasteiger partial charge is 0.253 e. The number of nitrogens with zero attached hydrogens (tertiary/aromatic N) is 2. The van der Waals surface area contributed by atoms with Gasteiger partial charge >= 0.3 is 0 Å². The third kappa shape index (κ3) is 3.54. The lowest BCUT2D eigenvalue weighted by molar-refractivity contribution is 0.0689. The molecule has 0 aromatic heterocycles. The summed E-state index contributed by atoms with van der Waals surface area (Å²) in [6.45, 7) is 1.15. The summed E-state index contributed by atoms with van der Waals surface area (Å²) in [7, 11) is -1.63. The van der Waals surface area contributed by atoms with Crippen molar-refractivity contribution in [2.24, 2.45) is 11.8 Å². The van der Waals surface area contributed by atoms with Gasteiger partial charge in [0.25, 0.3) is 5.91 Å². The van der Waals surface area contributed by atoms with Gasteiger partial charge in [-0.15, -0.1) is 0 Å². The molecule has 0 bridgehead atoms. The number of hydrogen-bond acceptors (Lipinski definition) is 3. The molecule has 142 valence electrons.